The number of amides is 1. The van der Waals surface area contributed by atoms with Gasteiger partial charge in [-0.15, -0.1) is 0 Å². The lowest BCUT2D eigenvalue weighted by molar-refractivity contribution is -0.132. The topological polar surface area (TPSA) is 35.9 Å². The fraction of sp³-hybridized carbons (Fsp3) is 0.429. The van der Waals surface area contributed by atoms with Crippen LogP contribution in [0.25, 0.3) is 0 Å². The molecule has 0 aromatic heterocycles. The molecule has 0 radical (unpaired) electrons. The van der Waals surface area contributed by atoms with Gasteiger partial charge in [0, 0.05) is 24.3 Å². The van der Waals surface area contributed by atoms with E-state index in [2.05, 4.69) is 13.8 Å². The third-order valence-electron chi connectivity index (χ3n) is 4.85. The van der Waals surface area contributed by atoms with Gasteiger partial charge in [0.05, 0.1) is 23.5 Å². The summed E-state index contributed by atoms with van der Waals surface area (Å²) in [5, 5.41) is 1.33. The highest BCUT2D eigenvalue weighted by molar-refractivity contribution is 6.32. The number of hydrogen-bond acceptors (Lipinski definition) is 3. The second-order valence-corrected chi connectivity index (χ2v) is 7.76. The number of amidine groups is 1. The Morgan fingerprint density at radius 2 is 1.78 bits per heavy atom. The van der Waals surface area contributed by atoms with Crippen molar-refractivity contribution in [1.82, 2.24) is 9.80 Å². The summed E-state index contributed by atoms with van der Waals surface area (Å²) in [6.45, 7) is 5.77. The Hall–Kier alpha value is -1.78. The number of allylic oxidation sites excluding steroid dienone is 2. The van der Waals surface area contributed by atoms with Gasteiger partial charge in [0.15, 0.2) is 0 Å². The maximum Gasteiger partial charge on any atom is 0.224 e. The molecule has 2 aliphatic rings. The zero-order valence-corrected chi connectivity index (χ0v) is 17.2. The van der Waals surface area contributed by atoms with Crippen LogP contribution in [-0.4, -0.2) is 40.7 Å². The van der Waals surface area contributed by atoms with Crippen molar-refractivity contribution in [3.8, 4) is 0 Å². The van der Waals surface area contributed by atoms with Crippen LogP contribution in [0.2, 0.25) is 5.02 Å². The average Bonchev–Trinajstić information content (AvgIpc) is 3.00. The van der Waals surface area contributed by atoms with E-state index in [9.17, 15) is 4.79 Å². The smallest absolute Gasteiger partial charge is 0.224 e. The van der Waals surface area contributed by atoms with Crippen molar-refractivity contribution in [2.75, 3.05) is 13.1 Å². The highest BCUT2D eigenvalue weighted by Crippen LogP contribution is 2.36. The van der Waals surface area contributed by atoms with Crippen LogP contribution in [0.5, 0.6) is 0 Å². The molecule has 2 aliphatic heterocycles. The van der Waals surface area contributed by atoms with Crippen molar-refractivity contribution in [1.29, 1.82) is 0 Å². The highest BCUT2D eigenvalue weighted by Gasteiger charge is 2.38. The molecule has 0 aliphatic carbocycles. The van der Waals surface area contributed by atoms with Gasteiger partial charge in [-0.2, -0.15) is 0 Å². The predicted molar refractivity (Wildman–Crippen MR) is 112 cm³/mol. The largest absolute Gasteiger partial charge is 0.343 e. The van der Waals surface area contributed by atoms with Crippen LogP contribution >= 0.6 is 23.2 Å². The van der Waals surface area contributed by atoms with E-state index in [0.29, 0.717) is 16.5 Å². The lowest BCUT2D eigenvalue weighted by Crippen LogP contribution is -2.41. The first kappa shape index (κ1) is 20.0. The molecule has 4 nitrogen and oxygen atoms in total. The zero-order valence-electron chi connectivity index (χ0n) is 15.7. The fourth-order valence-corrected chi connectivity index (χ4v) is 3.91. The summed E-state index contributed by atoms with van der Waals surface area (Å²) in [5.74, 6) is 1.01. The lowest BCUT2D eigenvalue weighted by Gasteiger charge is -2.30. The van der Waals surface area contributed by atoms with Crippen LogP contribution in [0.3, 0.4) is 0 Å². The molecule has 1 aromatic carbocycles. The average molecular weight is 406 g/mol. The molecule has 144 valence electrons. The van der Waals surface area contributed by atoms with Gasteiger partial charge in [-0.25, -0.2) is 0 Å². The SMILES string of the molecule is CCCN(CCC)C(=O)CC1C(c2ccc(Cl)cc2)N=C2C=CC(Cl)=CN21. The molecule has 3 rings (SSSR count). The normalized spacial score (nSPS) is 21.0. The third kappa shape index (κ3) is 4.56. The monoisotopic (exact) mass is 405 g/mol. The van der Waals surface area contributed by atoms with Gasteiger partial charge in [0.25, 0.3) is 0 Å². The molecule has 0 N–H and O–H groups in total. The third-order valence-corrected chi connectivity index (χ3v) is 5.32. The van der Waals surface area contributed by atoms with Gasteiger partial charge >= 0.3 is 0 Å². The van der Waals surface area contributed by atoms with Crippen LogP contribution in [0, 0.1) is 0 Å². The Labute approximate surface area is 171 Å². The lowest BCUT2D eigenvalue weighted by atomic mass is 9.96. The second kappa shape index (κ2) is 8.94. The Kier molecular flexibility index (Phi) is 6.61. The molecule has 0 saturated heterocycles. The first-order valence-corrected chi connectivity index (χ1v) is 10.2. The Bertz CT molecular complexity index is 764. The zero-order chi connectivity index (χ0) is 19.4. The van der Waals surface area contributed by atoms with Crippen molar-refractivity contribution in [2.24, 2.45) is 4.99 Å². The minimum absolute atomic E-state index is 0.0939. The van der Waals surface area contributed by atoms with Crippen molar-refractivity contribution >= 4 is 34.9 Å². The van der Waals surface area contributed by atoms with E-state index in [1.807, 2.05) is 52.4 Å². The highest BCUT2D eigenvalue weighted by atomic mass is 35.5. The minimum atomic E-state index is -0.130. The molecule has 0 bridgehead atoms. The summed E-state index contributed by atoms with van der Waals surface area (Å²) in [5.41, 5.74) is 1.05. The first-order chi connectivity index (χ1) is 13.0. The molecule has 1 amide bonds. The number of benzene rings is 1. The van der Waals surface area contributed by atoms with E-state index in [1.165, 1.54) is 0 Å². The molecule has 1 aromatic rings. The molecule has 0 spiro atoms. The molecule has 2 atom stereocenters. The van der Waals surface area contributed by atoms with Gasteiger partial charge < -0.3 is 9.80 Å². The number of aliphatic imine (C=N–C) groups is 1. The van der Waals surface area contributed by atoms with Gasteiger partial charge in [-0.05, 0) is 42.7 Å². The standard InChI is InChI=1S/C21H25Cl2N3O/c1-3-11-25(12-4-2)20(27)13-18-21(15-5-7-16(22)8-6-15)24-19-10-9-17(23)14-26(18)19/h5-10,14,18,21H,3-4,11-13H2,1-2H3. The van der Waals surface area contributed by atoms with Crippen LogP contribution < -0.4 is 0 Å². The molecule has 27 heavy (non-hydrogen) atoms. The maximum absolute atomic E-state index is 13.0. The van der Waals surface area contributed by atoms with E-state index in [-0.39, 0.29) is 18.0 Å². The molecule has 2 heterocycles. The molecule has 0 saturated carbocycles. The molecular weight excluding hydrogens is 381 g/mol. The van der Waals surface area contributed by atoms with E-state index >= 15 is 0 Å². The van der Waals surface area contributed by atoms with Gasteiger partial charge in [0.2, 0.25) is 5.91 Å². The van der Waals surface area contributed by atoms with Crippen molar-refractivity contribution < 1.29 is 4.79 Å². The first-order valence-electron chi connectivity index (χ1n) is 9.48. The summed E-state index contributed by atoms with van der Waals surface area (Å²) in [4.78, 5) is 21.9. The molecule has 2 unspecified atom stereocenters. The number of carbonyl (C=O) groups excluding carboxylic acids is 1. The summed E-state index contributed by atoms with van der Waals surface area (Å²) in [6, 6.07) is 7.48. The van der Waals surface area contributed by atoms with Crippen molar-refractivity contribution in [3.63, 3.8) is 0 Å². The van der Waals surface area contributed by atoms with Crippen LogP contribution in [-0.2, 0) is 4.79 Å². The number of hydrogen-bond donors (Lipinski definition) is 0. The molecule has 6 heteroatoms. The Morgan fingerprint density at radius 3 is 2.41 bits per heavy atom. The van der Waals surface area contributed by atoms with E-state index in [0.717, 1.165) is 37.3 Å². The number of fused-ring (bicyclic) bond motifs is 1. The maximum atomic E-state index is 13.0. The summed E-state index contributed by atoms with van der Waals surface area (Å²) in [6.07, 6.45) is 7.92. The second-order valence-electron chi connectivity index (χ2n) is 6.89. The number of carbonyl (C=O) groups is 1. The van der Waals surface area contributed by atoms with Gasteiger partial charge in [-0.1, -0.05) is 49.2 Å². The number of nitrogens with zero attached hydrogens (tertiary/aromatic N) is 3. The minimum Gasteiger partial charge on any atom is -0.343 e. The molecule has 0 fully saturated rings. The van der Waals surface area contributed by atoms with E-state index < -0.39 is 0 Å². The van der Waals surface area contributed by atoms with Crippen LogP contribution in [0.4, 0.5) is 0 Å². The quantitative estimate of drug-likeness (QED) is 0.628. The molecular formula is C21H25Cl2N3O. The van der Waals surface area contributed by atoms with E-state index in [1.54, 1.807) is 0 Å². The Balaban J connectivity index is 1.87. The summed E-state index contributed by atoms with van der Waals surface area (Å²) in [7, 11) is 0. The predicted octanol–water partition coefficient (Wildman–Crippen LogP) is 5.15. The number of halogens is 2. The summed E-state index contributed by atoms with van der Waals surface area (Å²) >= 11 is 12.3. The van der Waals surface area contributed by atoms with Crippen LogP contribution in [0.1, 0.15) is 44.7 Å². The number of rotatable bonds is 7. The van der Waals surface area contributed by atoms with Gasteiger partial charge in [0.1, 0.15) is 5.84 Å². The van der Waals surface area contributed by atoms with Crippen LogP contribution in [0.15, 0.2) is 52.6 Å². The van der Waals surface area contributed by atoms with Gasteiger partial charge in [-0.3, -0.25) is 9.79 Å². The van der Waals surface area contributed by atoms with Crippen molar-refractivity contribution in [2.45, 2.75) is 45.2 Å². The van der Waals surface area contributed by atoms with Crippen molar-refractivity contribution in [3.05, 3.63) is 58.2 Å². The fourth-order valence-electron chi connectivity index (χ4n) is 3.61. The van der Waals surface area contributed by atoms with E-state index in [4.69, 9.17) is 28.2 Å². The Morgan fingerprint density at radius 1 is 1.11 bits per heavy atom. The summed E-state index contributed by atoms with van der Waals surface area (Å²) < 4.78 is 0.